The molecule has 3 aromatic rings. The zero-order chi connectivity index (χ0) is 25.2. The van der Waals surface area contributed by atoms with Gasteiger partial charge in [0.05, 0.1) is 0 Å². The van der Waals surface area contributed by atoms with Gasteiger partial charge in [-0.1, -0.05) is 48.6 Å². The third-order valence-corrected chi connectivity index (χ3v) is 7.63. The molecule has 2 nitrogen and oxygen atoms in total. The number of nitrogens with one attached hydrogen (secondary N) is 1. The van der Waals surface area contributed by atoms with Gasteiger partial charge < -0.3 is 5.32 Å². The van der Waals surface area contributed by atoms with E-state index in [4.69, 9.17) is 0 Å². The molecule has 0 saturated heterocycles. The monoisotopic (exact) mass is 486 g/mol. The summed E-state index contributed by atoms with van der Waals surface area (Å²) in [4.78, 5) is 4.34. The number of hydrogen-bond acceptors (Lipinski definition) is 2. The molecule has 184 valence electrons. The molecule has 2 bridgehead atoms. The first-order valence-corrected chi connectivity index (χ1v) is 13.2. The minimum atomic E-state index is -0.175. The molecule has 0 radical (unpaired) electrons. The van der Waals surface area contributed by atoms with E-state index < -0.39 is 0 Å². The number of allylic oxidation sites excluding steroid dienone is 6. The molecule has 37 heavy (non-hydrogen) atoms. The number of benzene rings is 2. The van der Waals surface area contributed by atoms with Gasteiger partial charge in [-0.3, -0.25) is 4.98 Å². The lowest BCUT2D eigenvalue weighted by atomic mass is 9.78. The SMILES string of the molecule is C1=CC2=CC=C(CC2)N1.Cc1ccc(/C=C/c2cc(F)cc3c2CCc2c-3ccc3c2CCC=C3)cn1. The van der Waals surface area contributed by atoms with Crippen LogP contribution in [0.15, 0.2) is 84.4 Å². The molecule has 3 heteroatoms. The van der Waals surface area contributed by atoms with Crippen molar-refractivity contribution in [2.75, 3.05) is 0 Å². The average molecular weight is 487 g/mol. The first-order chi connectivity index (χ1) is 18.1. The van der Waals surface area contributed by atoms with E-state index in [9.17, 15) is 4.39 Å². The third-order valence-electron chi connectivity index (χ3n) is 7.63. The number of rotatable bonds is 2. The Balaban J connectivity index is 0.000000235. The van der Waals surface area contributed by atoms with Gasteiger partial charge in [0, 0.05) is 23.8 Å². The standard InChI is InChI=1S/C26H22FN.C8H9N/c1-17-6-7-18(16-28-17)8-9-20-14-21(27)15-26-23(20)12-13-24-22-5-3-2-4-19(22)10-11-25(24)26;1-3-8-4-2-7(1)5-6-9-8/h2,4,6-11,14-16H,3,5,12-13H2,1H3;1,3,5-6,9H,2,4H2/b9-8+;. The van der Waals surface area contributed by atoms with E-state index >= 15 is 0 Å². The minimum absolute atomic E-state index is 0.175. The van der Waals surface area contributed by atoms with Crippen LogP contribution in [0.4, 0.5) is 4.39 Å². The summed E-state index contributed by atoms with van der Waals surface area (Å²) in [6, 6.07) is 11.8. The lowest BCUT2D eigenvalue weighted by Crippen LogP contribution is -2.11. The van der Waals surface area contributed by atoms with Crippen LogP contribution in [0.2, 0.25) is 0 Å². The average Bonchev–Trinajstić information content (AvgIpc) is 3.31. The lowest BCUT2D eigenvalue weighted by Gasteiger charge is -2.26. The Morgan fingerprint density at radius 3 is 2.59 bits per heavy atom. The van der Waals surface area contributed by atoms with Crippen LogP contribution in [0.25, 0.3) is 29.4 Å². The Kier molecular flexibility index (Phi) is 6.44. The summed E-state index contributed by atoms with van der Waals surface area (Å²) >= 11 is 0. The number of fused-ring (bicyclic) bond motifs is 8. The number of aryl methyl sites for hydroxylation is 1. The maximum atomic E-state index is 14.5. The molecule has 0 amide bonds. The second-order valence-corrected chi connectivity index (χ2v) is 10.1. The number of pyridine rings is 1. The van der Waals surface area contributed by atoms with Crippen molar-refractivity contribution in [3.05, 3.63) is 129 Å². The molecule has 3 aliphatic carbocycles. The molecule has 0 unspecified atom stereocenters. The summed E-state index contributed by atoms with van der Waals surface area (Å²) in [6.07, 6.45) is 25.4. The second-order valence-electron chi connectivity index (χ2n) is 10.1. The van der Waals surface area contributed by atoms with Gasteiger partial charge in [0.1, 0.15) is 5.82 Å². The third kappa shape index (κ3) is 4.99. The fourth-order valence-electron chi connectivity index (χ4n) is 5.65. The molecule has 0 saturated carbocycles. The Morgan fingerprint density at radius 2 is 1.76 bits per heavy atom. The summed E-state index contributed by atoms with van der Waals surface area (Å²) in [6.45, 7) is 1.97. The summed E-state index contributed by atoms with van der Waals surface area (Å²) in [5, 5.41) is 3.20. The van der Waals surface area contributed by atoms with Crippen molar-refractivity contribution < 1.29 is 4.39 Å². The zero-order valence-corrected chi connectivity index (χ0v) is 21.2. The van der Waals surface area contributed by atoms with Gasteiger partial charge in [-0.2, -0.15) is 0 Å². The lowest BCUT2D eigenvalue weighted by molar-refractivity contribution is 0.626. The van der Waals surface area contributed by atoms with Crippen LogP contribution in [-0.4, -0.2) is 4.98 Å². The maximum absolute atomic E-state index is 14.5. The van der Waals surface area contributed by atoms with Crippen molar-refractivity contribution in [1.29, 1.82) is 0 Å². The Morgan fingerprint density at radius 1 is 0.838 bits per heavy atom. The van der Waals surface area contributed by atoms with Gasteiger partial charge in [-0.15, -0.1) is 0 Å². The second kappa shape index (κ2) is 10.2. The fourth-order valence-corrected chi connectivity index (χ4v) is 5.65. The zero-order valence-electron chi connectivity index (χ0n) is 21.2. The van der Waals surface area contributed by atoms with Crippen LogP contribution < -0.4 is 5.32 Å². The molecule has 2 aromatic carbocycles. The number of aromatic nitrogens is 1. The van der Waals surface area contributed by atoms with Crippen LogP contribution in [0.3, 0.4) is 0 Å². The van der Waals surface area contributed by atoms with Crippen molar-refractivity contribution in [2.45, 2.75) is 45.4 Å². The van der Waals surface area contributed by atoms with Gasteiger partial charge in [0.15, 0.2) is 0 Å². The number of hydrogen-bond donors (Lipinski definition) is 1. The van der Waals surface area contributed by atoms with Crippen LogP contribution in [0.1, 0.15) is 58.3 Å². The van der Waals surface area contributed by atoms with Gasteiger partial charge in [0.2, 0.25) is 0 Å². The molecular formula is C34H31FN2. The van der Waals surface area contributed by atoms with Gasteiger partial charge in [-0.05, 0) is 126 Å². The Bertz CT molecular complexity index is 1500. The van der Waals surface area contributed by atoms with E-state index in [2.05, 4.69) is 52.8 Å². The van der Waals surface area contributed by atoms with Crippen LogP contribution in [0.5, 0.6) is 0 Å². The van der Waals surface area contributed by atoms with Crippen LogP contribution >= 0.6 is 0 Å². The molecule has 1 aromatic heterocycles. The van der Waals surface area contributed by atoms with Crippen molar-refractivity contribution in [3.8, 4) is 11.1 Å². The predicted octanol–water partition coefficient (Wildman–Crippen LogP) is 8.13. The number of halogens is 1. The largest absolute Gasteiger partial charge is 0.365 e. The predicted molar refractivity (Wildman–Crippen MR) is 152 cm³/mol. The molecule has 8 rings (SSSR count). The van der Waals surface area contributed by atoms with Crippen molar-refractivity contribution in [1.82, 2.24) is 10.3 Å². The highest BCUT2D eigenvalue weighted by atomic mass is 19.1. The van der Waals surface area contributed by atoms with E-state index in [-0.39, 0.29) is 5.82 Å². The van der Waals surface area contributed by atoms with Crippen molar-refractivity contribution in [3.63, 3.8) is 0 Å². The fraction of sp³-hybridized carbons (Fsp3) is 0.206. The highest BCUT2D eigenvalue weighted by Crippen LogP contribution is 2.40. The quantitative estimate of drug-likeness (QED) is 0.395. The van der Waals surface area contributed by atoms with Gasteiger partial charge in [0.25, 0.3) is 0 Å². The van der Waals surface area contributed by atoms with Crippen LogP contribution in [-0.2, 0) is 19.3 Å². The van der Waals surface area contributed by atoms with Crippen molar-refractivity contribution in [2.24, 2.45) is 0 Å². The van der Waals surface area contributed by atoms with E-state index in [1.165, 1.54) is 51.9 Å². The minimum Gasteiger partial charge on any atom is -0.365 e. The normalized spacial score (nSPS) is 16.5. The van der Waals surface area contributed by atoms with E-state index in [1.54, 1.807) is 12.1 Å². The first-order valence-electron chi connectivity index (χ1n) is 13.2. The molecule has 0 fully saturated rings. The summed E-state index contributed by atoms with van der Waals surface area (Å²) < 4.78 is 14.5. The number of nitrogens with zero attached hydrogens (tertiary/aromatic N) is 1. The maximum Gasteiger partial charge on any atom is 0.124 e. The molecule has 0 spiro atoms. The van der Waals surface area contributed by atoms with Crippen LogP contribution in [0, 0.1) is 12.7 Å². The summed E-state index contributed by atoms with van der Waals surface area (Å²) in [7, 11) is 0. The molecule has 1 N–H and O–H groups in total. The molecule has 0 atom stereocenters. The smallest absolute Gasteiger partial charge is 0.124 e. The molecule has 3 heterocycles. The van der Waals surface area contributed by atoms with E-state index in [0.717, 1.165) is 48.1 Å². The Hall–Kier alpha value is -3.98. The summed E-state index contributed by atoms with van der Waals surface area (Å²) in [5.41, 5.74) is 13.5. The molecule has 2 aliphatic heterocycles. The molecule has 5 aliphatic rings. The Labute approximate surface area is 218 Å². The molecular weight excluding hydrogens is 455 g/mol. The van der Waals surface area contributed by atoms with E-state index in [1.807, 2.05) is 43.6 Å². The van der Waals surface area contributed by atoms with E-state index in [0.29, 0.717) is 0 Å². The topological polar surface area (TPSA) is 24.9 Å². The highest BCUT2D eigenvalue weighted by Gasteiger charge is 2.23. The van der Waals surface area contributed by atoms with Crippen molar-refractivity contribution >= 4 is 18.2 Å². The summed E-state index contributed by atoms with van der Waals surface area (Å²) in [5.74, 6) is -0.175. The highest BCUT2D eigenvalue weighted by molar-refractivity contribution is 5.82. The van der Waals surface area contributed by atoms with Gasteiger partial charge in [-0.25, -0.2) is 4.39 Å². The van der Waals surface area contributed by atoms with Gasteiger partial charge >= 0.3 is 0 Å². The first kappa shape index (κ1) is 23.4.